The Morgan fingerprint density at radius 1 is 1.22 bits per heavy atom. The van der Waals surface area contributed by atoms with E-state index < -0.39 is 10.8 Å². The fourth-order valence-electron chi connectivity index (χ4n) is 3.61. The van der Waals surface area contributed by atoms with Crippen LogP contribution in [0.25, 0.3) is 0 Å². The summed E-state index contributed by atoms with van der Waals surface area (Å²) in [6.45, 7) is 4.65. The first-order valence-electron chi connectivity index (χ1n) is 9.33. The normalized spacial score (nSPS) is 19.6. The van der Waals surface area contributed by atoms with E-state index in [1.54, 1.807) is 14.2 Å². The molecular formula is C21H29NO4S. The maximum atomic E-state index is 9.69. The number of benzene rings is 1. The van der Waals surface area contributed by atoms with E-state index in [1.807, 2.05) is 19.1 Å². The highest BCUT2D eigenvalue weighted by molar-refractivity contribution is 7.80. The summed E-state index contributed by atoms with van der Waals surface area (Å²) in [7, 11) is 3.37. The molecule has 0 N–H and O–H groups in total. The van der Waals surface area contributed by atoms with E-state index in [-0.39, 0.29) is 0 Å². The predicted molar refractivity (Wildman–Crippen MR) is 108 cm³/mol. The maximum absolute atomic E-state index is 9.69. The Morgan fingerprint density at radius 3 is 2.30 bits per heavy atom. The van der Waals surface area contributed by atoms with Crippen LogP contribution in [0.5, 0.6) is 0 Å². The fraction of sp³-hybridized carbons (Fsp3) is 0.619. The van der Waals surface area contributed by atoms with Crippen LogP contribution in [-0.2, 0) is 29.8 Å². The molecule has 27 heavy (non-hydrogen) atoms. The van der Waals surface area contributed by atoms with E-state index in [1.165, 1.54) is 0 Å². The number of ether oxygens (including phenoxy) is 4. The Hall–Kier alpha value is -1.52. The number of nitrogens with zero attached hydrogens (tertiary/aromatic N) is 1. The lowest BCUT2D eigenvalue weighted by Gasteiger charge is -2.34. The second-order valence-corrected chi connectivity index (χ2v) is 7.23. The minimum Gasteiger partial charge on any atom is -0.486 e. The molecule has 1 unspecified atom stereocenters. The number of rotatable bonds is 10. The molecule has 0 amide bonds. The molecule has 0 spiro atoms. The molecule has 1 atom stereocenters. The molecule has 148 valence electrons. The fourth-order valence-corrected chi connectivity index (χ4v) is 4.05. The highest BCUT2D eigenvalue weighted by Crippen LogP contribution is 2.38. The first kappa shape index (κ1) is 21.8. The zero-order valence-electron chi connectivity index (χ0n) is 16.5. The van der Waals surface area contributed by atoms with Crippen molar-refractivity contribution in [1.29, 1.82) is 5.26 Å². The van der Waals surface area contributed by atoms with Crippen LogP contribution >= 0.6 is 12.2 Å². The van der Waals surface area contributed by atoms with Crippen molar-refractivity contribution in [3.05, 3.63) is 35.4 Å². The van der Waals surface area contributed by atoms with Crippen molar-refractivity contribution in [3.63, 3.8) is 0 Å². The summed E-state index contributed by atoms with van der Waals surface area (Å²) in [6.07, 6.45) is 2.13. The molecule has 2 rings (SSSR count). The number of methoxy groups -OCH3 is 2. The minimum absolute atomic E-state index is 0.443. The number of nitriles is 1. The Morgan fingerprint density at radius 2 is 1.85 bits per heavy atom. The molecule has 0 aromatic heterocycles. The summed E-state index contributed by atoms with van der Waals surface area (Å²) >= 11 is 5.67. The lowest BCUT2D eigenvalue weighted by Crippen LogP contribution is -2.39. The van der Waals surface area contributed by atoms with Crippen LogP contribution in [-0.4, -0.2) is 52.3 Å². The van der Waals surface area contributed by atoms with Crippen LogP contribution in [0.1, 0.15) is 37.3 Å². The average Bonchev–Trinajstić information content (AvgIpc) is 3.19. The molecule has 6 heteroatoms. The summed E-state index contributed by atoms with van der Waals surface area (Å²) in [5, 5.41) is 10.2. The van der Waals surface area contributed by atoms with Crippen LogP contribution in [0.3, 0.4) is 0 Å². The third-order valence-electron chi connectivity index (χ3n) is 5.36. The van der Waals surface area contributed by atoms with E-state index in [0.717, 1.165) is 17.5 Å². The smallest absolute Gasteiger partial charge is 0.170 e. The van der Waals surface area contributed by atoms with E-state index in [2.05, 4.69) is 18.2 Å². The van der Waals surface area contributed by atoms with Gasteiger partial charge in [-0.15, -0.1) is 0 Å². The Labute approximate surface area is 167 Å². The molecule has 1 aromatic carbocycles. The standard InChI is InChI=1S/C21H29NO4S/c1-4-26-19(27)21(10-12-23-2,11-13-24-3)18-7-5-17(6-8-18)20(15-22)9-14-25-16-20/h5-8H,4,9-14,16H2,1-3H3. The van der Waals surface area contributed by atoms with Gasteiger partial charge in [0.2, 0.25) is 0 Å². The summed E-state index contributed by atoms with van der Waals surface area (Å²) in [5.74, 6) is 0. The third kappa shape index (κ3) is 4.67. The molecule has 0 aliphatic carbocycles. The molecule has 5 nitrogen and oxygen atoms in total. The number of thiocarbonyl (C=S) groups is 1. The minimum atomic E-state index is -0.555. The molecule has 1 aromatic rings. The molecule has 1 fully saturated rings. The van der Waals surface area contributed by atoms with Crippen LogP contribution in [0.2, 0.25) is 0 Å². The van der Waals surface area contributed by atoms with Crippen LogP contribution in [0, 0.1) is 11.3 Å². The number of hydrogen-bond donors (Lipinski definition) is 0. The summed E-state index contributed by atoms with van der Waals surface area (Å²) in [5.41, 5.74) is 1.02. The predicted octanol–water partition coefficient (Wildman–Crippen LogP) is 3.54. The molecule has 1 saturated heterocycles. The summed E-state index contributed by atoms with van der Waals surface area (Å²) in [6, 6.07) is 10.6. The van der Waals surface area contributed by atoms with E-state index in [0.29, 0.717) is 50.9 Å². The van der Waals surface area contributed by atoms with Gasteiger partial charge in [-0.1, -0.05) is 24.3 Å². The molecular weight excluding hydrogens is 362 g/mol. The lowest BCUT2D eigenvalue weighted by atomic mass is 9.74. The van der Waals surface area contributed by atoms with Crippen molar-refractivity contribution < 1.29 is 18.9 Å². The zero-order chi connectivity index (χ0) is 19.8. The van der Waals surface area contributed by atoms with Crippen molar-refractivity contribution in [1.82, 2.24) is 0 Å². The van der Waals surface area contributed by atoms with Crippen molar-refractivity contribution in [2.45, 2.75) is 37.0 Å². The van der Waals surface area contributed by atoms with Gasteiger partial charge in [-0.2, -0.15) is 5.26 Å². The lowest BCUT2D eigenvalue weighted by molar-refractivity contribution is 0.142. The van der Waals surface area contributed by atoms with Gasteiger partial charge < -0.3 is 18.9 Å². The van der Waals surface area contributed by atoms with Crippen LogP contribution < -0.4 is 0 Å². The quantitative estimate of drug-likeness (QED) is 0.569. The Bertz CT molecular complexity index is 639. The SMILES string of the molecule is CCOC(=S)C(CCOC)(CCOC)c1ccc(C2(C#N)CCOC2)cc1. The molecule has 1 aliphatic heterocycles. The third-order valence-corrected chi connectivity index (χ3v) is 5.87. The highest BCUT2D eigenvalue weighted by atomic mass is 32.1. The number of hydrogen-bond acceptors (Lipinski definition) is 6. The molecule has 1 aliphatic rings. The molecule has 1 heterocycles. The van der Waals surface area contributed by atoms with Gasteiger partial charge in [0.15, 0.2) is 5.05 Å². The molecule has 0 radical (unpaired) electrons. The second-order valence-electron chi connectivity index (χ2n) is 6.86. The summed E-state index contributed by atoms with van der Waals surface area (Å²) < 4.78 is 22.0. The average molecular weight is 392 g/mol. The first-order valence-corrected chi connectivity index (χ1v) is 9.74. The van der Waals surface area contributed by atoms with Gasteiger partial charge in [0.25, 0.3) is 0 Å². The van der Waals surface area contributed by atoms with Crippen LogP contribution in [0.15, 0.2) is 24.3 Å². The Balaban J connectivity index is 2.41. The van der Waals surface area contributed by atoms with Crippen molar-refractivity contribution in [3.8, 4) is 6.07 Å². The van der Waals surface area contributed by atoms with Crippen LogP contribution in [0.4, 0.5) is 0 Å². The van der Waals surface area contributed by atoms with Gasteiger partial charge in [0, 0.05) is 34.0 Å². The van der Waals surface area contributed by atoms with Crippen molar-refractivity contribution in [2.75, 3.05) is 47.3 Å². The first-order chi connectivity index (χ1) is 13.1. The molecule has 0 saturated carbocycles. The van der Waals surface area contributed by atoms with Crippen molar-refractivity contribution in [2.24, 2.45) is 0 Å². The van der Waals surface area contributed by atoms with Gasteiger partial charge in [0.05, 0.1) is 24.7 Å². The topological polar surface area (TPSA) is 60.7 Å². The van der Waals surface area contributed by atoms with Gasteiger partial charge >= 0.3 is 0 Å². The van der Waals surface area contributed by atoms with Gasteiger partial charge in [0.1, 0.15) is 5.41 Å². The van der Waals surface area contributed by atoms with Gasteiger partial charge in [-0.25, -0.2) is 0 Å². The monoisotopic (exact) mass is 391 g/mol. The molecule has 0 bridgehead atoms. The second kappa shape index (κ2) is 10.1. The summed E-state index contributed by atoms with van der Waals surface area (Å²) in [4.78, 5) is 0. The highest BCUT2D eigenvalue weighted by Gasteiger charge is 2.40. The Kier molecular flexibility index (Phi) is 8.18. The van der Waals surface area contributed by atoms with E-state index in [4.69, 9.17) is 31.2 Å². The van der Waals surface area contributed by atoms with E-state index in [9.17, 15) is 5.26 Å². The maximum Gasteiger partial charge on any atom is 0.170 e. The van der Waals surface area contributed by atoms with E-state index >= 15 is 0 Å². The van der Waals surface area contributed by atoms with Gasteiger partial charge in [-0.05, 0) is 49.5 Å². The largest absolute Gasteiger partial charge is 0.486 e. The zero-order valence-corrected chi connectivity index (χ0v) is 17.3. The van der Waals surface area contributed by atoms with Gasteiger partial charge in [-0.3, -0.25) is 0 Å². The van der Waals surface area contributed by atoms with Crippen molar-refractivity contribution >= 4 is 17.3 Å².